The molecule has 2 aromatic heterocycles. The van der Waals surface area contributed by atoms with Gasteiger partial charge in [0.15, 0.2) is 5.69 Å². The fourth-order valence-electron chi connectivity index (χ4n) is 2.89. The van der Waals surface area contributed by atoms with Crippen LogP contribution in [-0.4, -0.2) is 27.7 Å². The molecule has 1 fully saturated rings. The minimum atomic E-state index is -0.0932. The van der Waals surface area contributed by atoms with E-state index in [1.807, 2.05) is 18.7 Å². The number of aryl methyl sites for hydroxylation is 3. The SMILES string of the molecule is Cc1cc(C(=O)N2CCC[C@@H]2c2c(C)noc2C)no1. The normalized spacial score (nSPS) is 18.8. The lowest BCUT2D eigenvalue weighted by molar-refractivity contribution is 0.0724. The van der Waals surface area contributed by atoms with Crippen LogP contribution < -0.4 is 0 Å². The second kappa shape index (κ2) is 4.77. The number of carbonyl (C=O) groups is 1. The molecular weight excluding hydrogens is 258 g/mol. The fourth-order valence-corrected chi connectivity index (χ4v) is 2.89. The lowest BCUT2D eigenvalue weighted by Crippen LogP contribution is -2.31. The summed E-state index contributed by atoms with van der Waals surface area (Å²) in [5.41, 5.74) is 2.24. The summed E-state index contributed by atoms with van der Waals surface area (Å²) in [6.07, 6.45) is 1.89. The van der Waals surface area contributed by atoms with E-state index in [0.29, 0.717) is 11.5 Å². The van der Waals surface area contributed by atoms with Crippen LogP contribution in [0.3, 0.4) is 0 Å². The molecule has 0 unspecified atom stereocenters. The molecule has 2 aromatic rings. The second-order valence-corrected chi connectivity index (χ2v) is 5.22. The van der Waals surface area contributed by atoms with Gasteiger partial charge in [-0.25, -0.2) is 0 Å². The number of aromatic nitrogens is 2. The van der Waals surface area contributed by atoms with Gasteiger partial charge in [-0.2, -0.15) is 0 Å². The molecule has 20 heavy (non-hydrogen) atoms. The average Bonchev–Trinajstić information content (AvgIpc) is 3.10. The quantitative estimate of drug-likeness (QED) is 0.842. The van der Waals surface area contributed by atoms with Crippen LogP contribution in [-0.2, 0) is 0 Å². The van der Waals surface area contributed by atoms with Gasteiger partial charge >= 0.3 is 0 Å². The zero-order chi connectivity index (χ0) is 14.3. The fraction of sp³-hybridized carbons (Fsp3) is 0.500. The van der Waals surface area contributed by atoms with E-state index in [-0.39, 0.29) is 11.9 Å². The van der Waals surface area contributed by atoms with Crippen LogP contribution >= 0.6 is 0 Å². The zero-order valence-electron chi connectivity index (χ0n) is 11.8. The Balaban J connectivity index is 1.91. The summed E-state index contributed by atoms with van der Waals surface area (Å²) in [6.45, 7) is 6.29. The summed E-state index contributed by atoms with van der Waals surface area (Å²) in [5.74, 6) is 1.33. The van der Waals surface area contributed by atoms with E-state index in [0.717, 1.165) is 36.4 Å². The second-order valence-electron chi connectivity index (χ2n) is 5.22. The molecule has 1 aliphatic heterocycles. The Kier molecular flexibility index (Phi) is 3.08. The number of carbonyl (C=O) groups excluding carboxylic acids is 1. The molecule has 0 spiro atoms. The molecule has 3 heterocycles. The van der Waals surface area contributed by atoms with Crippen molar-refractivity contribution in [2.75, 3.05) is 6.54 Å². The highest BCUT2D eigenvalue weighted by Crippen LogP contribution is 2.36. The van der Waals surface area contributed by atoms with Gasteiger partial charge in [0.05, 0.1) is 11.7 Å². The molecule has 1 amide bonds. The van der Waals surface area contributed by atoms with Gasteiger partial charge in [-0.15, -0.1) is 0 Å². The number of rotatable bonds is 2. The molecule has 1 atom stereocenters. The Morgan fingerprint density at radius 2 is 2.10 bits per heavy atom. The molecule has 0 N–H and O–H groups in total. The smallest absolute Gasteiger partial charge is 0.276 e. The van der Waals surface area contributed by atoms with Crippen molar-refractivity contribution < 1.29 is 13.8 Å². The van der Waals surface area contributed by atoms with Gasteiger partial charge in [0.2, 0.25) is 0 Å². The summed E-state index contributed by atoms with van der Waals surface area (Å²) < 4.78 is 10.2. The Hall–Kier alpha value is -2.11. The standard InChI is InChI=1S/C14H17N3O3/c1-8-7-11(16-19-8)14(18)17-6-4-5-12(17)13-9(2)15-20-10(13)3/h7,12H,4-6H2,1-3H3/t12-/m1/s1. The van der Waals surface area contributed by atoms with E-state index >= 15 is 0 Å². The molecule has 0 aromatic carbocycles. The lowest BCUT2D eigenvalue weighted by atomic mass is 10.0. The molecule has 0 radical (unpaired) electrons. The third kappa shape index (κ3) is 2.01. The first-order valence-electron chi connectivity index (χ1n) is 6.75. The van der Waals surface area contributed by atoms with Crippen LogP contribution in [0.4, 0.5) is 0 Å². The summed E-state index contributed by atoms with van der Waals surface area (Å²) in [7, 11) is 0. The van der Waals surface area contributed by atoms with Gasteiger partial charge in [-0.3, -0.25) is 4.79 Å². The maximum absolute atomic E-state index is 12.5. The van der Waals surface area contributed by atoms with E-state index in [2.05, 4.69) is 10.3 Å². The first kappa shape index (κ1) is 12.9. The highest BCUT2D eigenvalue weighted by molar-refractivity contribution is 5.92. The predicted molar refractivity (Wildman–Crippen MR) is 70.2 cm³/mol. The molecule has 1 saturated heterocycles. The Bertz CT molecular complexity index is 624. The summed E-state index contributed by atoms with van der Waals surface area (Å²) in [4.78, 5) is 14.4. The summed E-state index contributed by atoms with van der Waals surface area (Å²) in [5, 5.41) is 7.80. The van der Waals surface area contributed by atoms with Gasteiger partial charge in [0, 0.05) is 18.2 Å². The van der Waals surface area contributed by atoms with Crippen molar-refractivity contribution in [3.8, 4) is 0 Å². The highest BCUT2D eigenvalue weighted by atomic mass is 16.5. The van der Waals surface area contributed by atoms with E-state index in [1.54, 1.807) is 13.0 Å². The molecule has 0 saturated carbocycles. The highest BCUT2D eigenvalue weighted by Gasteiger charge is 2.35. The van der Waals surface area contributed by atoms with Gasteiger partial charge < -0.3 is 13.9 Å². The van der Waals surface area contributed by atoms with Crippen molar-refractivity contribution in [3.05, 3.63) is 34.5 Å². The maximum Gasteiger partial charge on any atom is 0.276 e. The van der Waals surface area contributed by atoms with Crippen molar-refractivity contribution in [2.45, 2.75) is 39.7 Å². The monoisotopic (exact) mass is 275 g/mol. The largest absolute Gasteiger partial charge is 0.361 e. The van der Waals surface area contributed by atoms with Crippen LogP contribution in [0.1, 0.15) is 52.1 Å². The predicted octanol–water partition coefficient (Wildman–Crippen LogP) is 2.57. The topological polar surface area (TPSA) is 72.4 Å². The third-order valence-electron chi connectivity index (χ3n) is 3.78. The first-order valence-corrected chi connectivity index (χ1v) is 6.75. The third-order valence-corrected chi connectivity index (χ3v) is 3.78. The molecule has 1 aliphatic rings. The van der Waals surface area contributed by atoms with Crippen LogP contribution in [0, 0.1) is 20.8 Å². The number of hydrogen-bond donors (Lipinski definition) is 0. The lowest BCUT2D eigenvalue weighted by Gasteiger charge is -2.23. The summed E-state index contributed by atoms with van der Waals surface area (Å²) >= 11 is 0. The van der Waals surface area contributed by atoms with Crippen LogP contribution in [0.15, 0.2) is 15.1 Å². The van der Waals surface area contributed by atoms with Crippen LogP contribution in [0.25, 0.3) is 0 Å². The molecule has 6 nitrogen and oxygen atoms in total. The number of amides is 1. The van der Waals surface area contributed by atoms with Crippen molar-refractivity contribution in [1.82, 2.24) is 15.2 Å². The molecule has 6 heteroatoms. The summed E-state index contributed by atoms with van der Waals surface area (Å²) in [6, 6.07) is 1.69. The average molecular weight is 275 g/mol. The number of hydrogen-bond acceptors (Lipinski definition) is 5. The van der Waals surface area contributed by atoms with E-state index < -0.39 is 0 Å². The first-order chi connectivity index (χ1) is 9.58. The van der Waals surface area contributed by atoms with Crippen LogP contribution in [0.2, 0.25) is 0 Å². The maximum atomic E-state index is 12.5. The molecule has 3 rings (SSSR count). The molecule has 0 aliphatic carbocycles. The Morgan fingerprint density at radius 3 is 2.70 bits per heavy atom. The minimum absolute atomic E-state index is 0.0192. The van der Waals surface area contributed by atoms with E-state index in [4.69, 9.17) is 9.05 Å². The minimum Gasteiger partial charge on any atom is -0.361 e. The number of nitrogens with zero attached hydrogens (tertiary/aromatic N) is 3. The van der Waals surface area contributed by atoms with E-state index in [9.17, 15) is 4.79 Å². The van der Waals surface area contributed by atoms with Gasteiger partial charge in [-0.1, -0.05) is 10.3 Å². The van der Waals surface area contributed by atoms with Crippen molar-refractivity contribution in [1.29, 1.82) is 0 Å². The zero-order valence-corrected chi connectivity index (χ0v) is 11.8. The Labute approximate surface area is 116 Å². The number of likely N-dealkylation sites (tertiary alicyclic amines) is 1. The van der Waals surface area contributed by atoms with E-state index in [1.165, 1.54) is 0 Å². The van der Waals surface area contributed by atoms with Gasteiger partial charge in [0.25, 0.3) is 5.91 Å². The van der Waals surface area contributed by atoms with Crippen molar-refractivity contribution in [2.24, 2.45) is 0 Å². The van der Waals surface area contributed by atoms with Gasteiger partial charge in [0.1, 0.15) is 11.5 Å². The van der Waals surface area contributed by atoms with Crippen molar-refractivity contribution in [3.63, 3.8) is 0 Å². The molecule has 106 valence electrons. The Morgan fingerprint density at radius 1 is 1.30 bits per heavy atom. The van der Waals surface area contributed by atoms with Crippen LogP contribution in [0.5, 0.6) is 0 Å². The van der Waals surface area contributed by atoms with Crippen molar-refractivity contribution >= 4 is 5.91 Å². The molecular formula is C14H17N3O3. The van der Waals surface area contributed by atoms with Gasteiger partial charge in [-0.05, 0) is 33.6 Å². The molecule has 0 bridgehead atoms.